The van der Waals surface area contributed by atoms with Gasteiger partial charge in [0.1, 0.15) is 5.56 Å². The second-order valence-electron chi connectivity index (χ2n) is 6.15. The Labute approximate surface area is 144 Å². The number of hydrogen-bond donors (Lipinski definition) is 2. The zero-order valence-electron chi connectivity index (χ0n) is 13.3. The number of hydrogen-bond acceptors (Lipinski definition) is 5. The summed E-state index contributed by atoms with van der Waals surface area (Å²) in [5, 5.41) is 13.4. The Morgan fingerprint density at radius 1 is 1.50 bits per heavy atom. The summed E-state index contributed by atoms with van der Waals surface area (Å²) in [6, 6.07) is 3.97. The first-order valence-electron chi connectivity index (χ1n) is 7.46. The molecule has 1 aromatic rings. The first-order chi connectivity index (χ1) is 11.3. The van der Waals surface area contributed by atoms with Gasteiger partial charge in [0.25, 0.3) is 11.6 Å². The van der Waals surface area contributed by atoms with E-state index in [-0.39, 0.29) is 28.5 Å². The largest absolute Gasteiger partial charge is 0.343 e. The summed E-state index contributed by atoms with van der Waals surface area (Å²) in [6.45, 7) is 3.35. The van der Waals surface area contributed by atoms with Gasteiger partial charge in [0.05, 0.1) is 16.5 Å². The van der Waals surface area contributed by atoms with Crippen LogP contribution in [-0.4, -0.2) is 47.8 Å². The molecule has 2 amide bonds. The number of rotatable bonds is 5. The van der Waals surface area contributed by atoms with Gasteiger partial charge in [-0.2, -0.15) is 0 Å². The molecular formula is C15H19ClN4O4. The summed E-state index contributed by atoms with van der Waals surface area (Å²) in [5.74, 6) is -1.00. The molecule has 1 aliphatic heterocycles. The monoisotopic (exact) mass is 354 g/mol. The summed E-state index contributed by atoms with van der Waals surface area (Å²) in [6.07, 6.45) is 0.805. The second kappa shape index (κ2) is 7.14. The van der Waals surface area contributed by atoms with Crippen LogP contribution in [0.1, 0.15) is 23.7 Å². The average Bonchev–Trinajstić information content (AvgIpc) is 2.95. The van der Waals surface area contributed by atoms with Gasteiger partial charge in [-0.25, -0.2) is 0 Å². The molecule has 1 aliphatic rings. The van der Waals surface area contributed by atoms with Crippen molar-refractivity contribution in [3.05, 3.63) is 38.9 Å². The molecule has 1 heterocycles. The van der Waals surface area contributed by atoms with Crippen molar-refractivity contribution in [3.8, 4) is 0 Å². The molecule has 1 atom stereocenters. The van der Waals surface area contributed by atoms with E-state index in [9.17, 15) is 19.7 Å². The molecule has 0 aromatic heterocycles. The molecule has 0 aliphatic carbocycles. The molecule has 0 spiro atoms. The van der Waals surface area contributed by atoms with Gasteiger partial charge in [0.2, 0.25) is 5.91 Å². The number of nitro groups is 1. The van der Waals surface area contributed by atoms with Crippen molar-refractivity contribution in [1.82, 2.24) is 10.2 Å². The fraction of sp³-hybridized carbons (Fsp3) is 0.467. The normalized spacial score (nSPS) is 20.0. The molecule has 0 radical (unpaired) electrons. The highest BCUT2D eigenvalue weighted by molar-refractivity contribution is 6.34. The summed E-state index contributed by atoms with van der Waals surface area (Å²) in [7, 11) is 0. The van der Waals surface area contributed by atoms with E-state index in [1.54, 1.807) is 4.90 Å². The summed E-state index contributed by atoms with van der Waals surface area (Å²) in [5.41, 5.74) is 4.95. The van der Waals surface area contributed by atoms with Gasteiger partial charge in [-0.1, -0.05) is 24.6 Å². The van der Waals surface area contributed by atoms with Gasteiger partial charge in [-0.05, 0) is 24.4 Å². The lowest BCUT2D eigenvalue weighted by Crippen LogP contribution is -2.41. The van der Waals surface area contributed by atoms with E-state index < -0.39 is 16.5 Å². The Morgan fingerprint density at radius 3 is 2.79 bits per heavy atom. The van der Waals surface area contributed by atoms with Crippen molar-refractivity contribution in [2.24, 2.45) is 11.1 Å². The van der Waals surface area contributed by atoms with Crippen LogP contribution in [-0.2, 0) is 4.79 Å². The Balaban J connectivity index is 2.02. The minimum Gasteiger partial charge on any atom is -0.343 e. The zero-order valence-corrected chi connectivity index (χ0v) is 14.0. The van der Waals surface area contributed by atoms with Crippen molar-refractivity contribution in [2.45, 2.75) is 13.3 Å². The standard InChI is InChI=1S/C15H19ClN4O4/c1-15(8-17)5-6-19(9-15)12(21)7-18-14(22)13-10(16)3-2-4-11(13)20(23)24/h2-4H,5-9,17H2,1H3,(H,18,22). The van der Waals surface area contributed by atoms with Gasteiger partial charge in [-0.3, -0.25) is 19.7 Å². The van der Waals surface area contributed by atoms with Crippen molar-refractivity contribution in [3.63, 3.8) is 0 Å². The van der Waals surface area contributed by atoms with Crippen LogP contribution < -0.4 is 11.1 Å². The predicted octanol–water partition coefficient (Wildman–Crippen LogP) is 1.18. The number of carbonyl (C=O) groups excluding carboxylic acids is 2. The van der Waals surface area contributed by atoms with Crippen LogP contribution in [0.2, 0.25) is 5.02 Å². The molecule has 1 aromatic carbocycles. The number of nitrogens with one attached hydrogen (secondary N) is 1. The molecule has 1 fully saturated rings. The maximum Gasteiger partial charge on any atom is 0.283 e. The average molecular weight is 355 g/mol. The number of benzene rings is 1. The first-order valence-corrected chi connectivity index (χ1v) is 7.84. The van der Waals surface area contributed by atoms with Crippen molar-refractivity contribution < 1.29 is 14.5 Å². The summed E-state index contributed by atoms with van der Waals surface area (Å²) < 4.78 is 0. The highest BCUT2D eigenvalue weighted by Gasteiger charge is 2.35. The SMILES string of the molecule is CC1(CN)CCN(C(=O)CNC(=O)c2c(Cl)cccc2[N+](=O)[O-])C1. The Morgan fingerprint density at radius 2 is 2.21 bits per heavy atom. The minimum absolute atomic E-state index is 0.0361. The maximum absolute atomic E-state index is 12.2. The zero-order chi connectivity index (χ0) is 17.9. The number of amides is 2. The number of halogens is 1. The Bertz CT molecular complexity index is 681. The van der Waals surface area contributed by atoms with Crippen LogP contribution in [0.25, 0.3) is 0 Å². The highest BCUT2D eigenvalue weighted by atomic mass is 35.5. The highest BCUT2D eigenvalue weighted by Crippen LogP contribution is 2.28. The Kier molecular flexibility index (Phi) is 5.40. The molecule has 3 N–H and O–H groups in total. The van der Waals surface area contributed by atoms with Crippen molar-refractivity contribution in [1.29, 1.82) is 0 Å². The third-order valence-corrected chi connectivity index (χ3v) is 4.53. The molecule has 24 heavy (non-hydrogen) atoms. The van der Waals surface area contributed by atoms with Crippen molar-refractivity contribution in [2.75, 3.05) is 26.2 Å². The second-order valence-corrected chi connectivity index (χ2v) is 6.56. The third kappa shape index (κ3) is 3.82. The van der Waals surface area contributed by atoms with Crippen LogP contribution in [0.15, 0.2) is 18.2 Å². The van der Waals surface area contributed by atoms with E-state index in [2.05, 4.69) is 5.32 Å². The molecular weight excluding hydrogens is 336 g/mol. The van der Waals surface area contributed by atoms with E-state index in [0.717, 1.165) is 6.42 Å². The van der Waals surface area contributed by atoms with E-state index in [1.165, 1.54) is 18.2 Å². The molecule has 0 bridgehead atoms. The van der Waals surface area contributed by atoms with Gasteiger partial charge in [0.15, 0.2) is 0 Å². The lowest BCUT2D eigenvalue weighted by Gasteiger charge is -2.22. The lowest BCUT2D eigenvalue weighted by atomic mass is 9.90. The van der Waals surface area contributed by atoms with Crippen LogP contribution in [0.5, 0.6) is 0 Å². The smallest absolute Gasteiger partial charge is 0.283 e. The minimum atomic E-state index is -0.749. The topological polar surface area (TPSA) is 119 Å². The molecule has 9 heteroatoms. The van der Waals surface area contributed by atoms with Gasteiger partial charge >= 0.3 is 0 Å². The first kappa shape index (κ1) is 18.2. The molecule has 0 saturated carbocycles. The quantitative estimate of drug-likeness (QED) is 0.607. The lowest BCUT2D eigenvalue weighted by molar-refractivity contribution is -0.385. The number of nitrogens with two attached hydrogens (primary N) is 1. The van der Waals surface area contributed by atoms with Gasteiger partial charge in [-0.15, -0.1) is 0 Å². The number of nitrogens with zero attached hydrogens (tertiary/aromatic N) is 2. The van der Waals surface area contributed by atoms with Crippen molar-refractivity contribution >= 4 is 29.1 Å². The van der Waals surface area contributed by atoms with E-state index >= 15 is 0 Å². The fourth-order valence-corrected chi connectivity index (χ4v) is 2.90. The van der Waals surface area contributed by atoms with E-state index in [0.29, 0.717) is 19.6 Å². The number of carbonyl (C=O) groups is 2. The van der Waals surface area contributed by atoms with E-state index in [4.69, 9.17) is 17.3 Å². The van der Waals surface area contributed by atoms with Crippen LogP contribution in [0.3, 0.4) is 0 Å². The molecule has 2 rings (SSSR count). The van der Waals surface area contributed by atoms with Crippen LogP contribution in [0, 0.1) is 15.5 Å². The number of likely N-dealkylation sites (tertiary alicyclic amines) is 1. The summed E-state index contributed by atoms with van der Waals surface area (Å²) >= 11 is 5.89. The molecule has 1 unspecified atom stereocenters. The molecule has 130 valence electrons. The molecule has 1 saturated heterocycles. The third-order valence-electron chi connectivity index (χ3n) is 4.22. The van der Waals surface area contributed by atoms with Gasteiger partial charge in [0, 0.05) is 19.2 Å². The predicted molar refractivity (Wildman–Crippen MR) is 88.8 cm³/mol. The summed E-state index contributed by atoms with van der Waals surface area (Å²) in [4.78, 5) is 36.4. The Hall–Kier alpha value is -2.19. The maximum atomic E-state index is 12.2. The molecule has 8 nitrogen and oxygen atoms in total. The van der Waals surface area contributed by atoms with Crippen LogP contribution >= 0.6 is 11.6 Å². The van der Waals surface area contributed by atoms with Crippen LogP contribution in [0.4, 0.5) is 5.69 Å². The fourth-order valence-electron chi connectivity index (χ4n) is 2.65. The number of nitro benzene ring substituents is 1. The van der Waals surface area contributed by atoms with E-state index in [1.807, 2.05) is 6.92 Å². The van der Waals surface area contributed by atoms with Gasteiger partial charge < -0.3 is 16.0 Å².